The van der Waals surface area contributed by atoms with Gasteiger partial charge < -0.3 is 5.32 Å². The third-order valence-electron chi connectivity index (χ3n) is 9.33. The molecular weight excluding hydrogens is 567 g/mol. The zero-order valence-electron chi connectivity index (χ0n) is 23.9. The number of carbonyl (C=O) groups is 4. The van der Waals surface area contributed by atoms with Crippen LogP contribution in [0, 0.1) is 11.7 Å². The second kappa shape index (κ2) is 9.79. The first-order chi connectivity index (χ1) is 21.3. The number of piperidine rings is 1. The number of anilines is 1. The molecule has 2 aliphatic heterocycles. The number of nitrogens with zero attached hydrogens (tertiary/aromatic N) is 6. The predicted octanol–water partition coefficient (Wildman–Crippen LogP) is 3.31. The minimum Gasteiger partial charge on any atom is -0.385 e. The van der Waals surface area contributed by atoms with Crippen LogP contribution in [0.15, 0.2) is 36.8 Å². The van der Waals surface area contributed by atoms with Crippen LogP contribution in [0.4, 0.5) is 10.1 Å². The average molecular weight is 597 g/mol. The van der Waals surface area contributed by atoms with E-state index in [1.807, 2.05) is 10.9 Å². The van der Waals surface area contributed by atoms with E-state index in [-0.39, 0.29) is 30.0 Å². The summed E-state index contributed by atoms with van der Waals surface area (Å²) in [6, 6.07) is 4.29. The molecule has 0 radical (unpaired) electrons. The summed E-state index contributed by atoms with van der Waals surface area (Å²) in [6.07, 6.45) is 9.04. The topological polar surface area (TPSA) is 144 Å². The number of rotatable bonds is 7. The second-order valence-electron chi connectivity index (χ2n) is 12.2. The molecule has 1 atom stereocenters. The largest absolute Gasteiger partial charge is 0.385 e. The normalized spacial score (nSPS) is 23.2. The Morgan fingerprint density at radius 1 is 1.02 bits per heavy atom. The number of hydrogen-bond donors (Lipinski definition) is 2. The molecule has 5 heterocycles. The van der Waals surface area contributed by atoms with E-state index in [0.717, 1.165) is 47.5 Å². The lowest BCUT2D eigenvalue weighted by Gasteiger charge is -2.35. The average Bonchev–Trinajstić information content (AvgIpc) is 3.55. The van der Waals surface area contributed by atoms with Gasteiger partial charge in [0.15, 0.2) is 5.82 Å². The van der Waals surface area contributed by atoms with Gasteiger partial charge in [-0.25, -0.2) is 4.39 Å². The number of fused-ring (bicyclic) bond motifs is 2. The summed E-state index contributed by atoms with van der Waals surface area (Å²) in [7, 11) is 1.79. The van der Waals surface area contributed by atoms with Crippen LogP contribution in [0.1, 0.15) is 76.9 Å². The van der Waals surface area contributed by atoms with Gasteiger partial charge in [-0.05, 0) is 56.2 Å². The Kier molecular flexibility index (Phi) is 5.94. The van der Waals surface area contributed by atoms with Gasteiger partial charge in [-0.15, -0.1) is 0 Å². The summed E-state index contributed by atoms with van der Waals surface area (Å²) in [4.78, 5) is 55.4. The monoisotopic (exact) mass is 596 g/mol. The minimum atomic E-state index is -0.985. The van der Waals surface area contributed by atoms with E-state index in [1.165, 1.54) is 12.4 Å². The number of aryl methyl sites for hydroxylation is 1. The van der Waals surface area contributed by atoms with E-state index in [4.69, 9.17) is 5.10 Å². The Morgan fingerprint density at radius 2 is 1.82 bits per heavy atom. The van der Waals surface area contributed by atoms with Crippen LogP contribution in [0.5, 0.6) is 0 Å². The second-order valence-corrected chi connectivity index (χ2v) is 12.2. The van der Waals surface area contributed by atoms with E-state index >= 15 is 0 Å². The Labute approximate surface area is 250 Å². The van der Waals surface area contributed by atoms with Crippen LogP contribution in [0.25, 0.3) is 22.2 Å². The Balaban J connectivity index is 0.943. The lowest BCUT2D eigenvalue weighted by atomic mass is 9.80. The highest BCUT2D eigenvalue weighted by Crippen LogP contribution is 2.46. The first-order valence-electron chi connectivity index (χ1n) is 14.9. The lowest BCUT2D eigenvalue weighted by Crippen LogP contribution is -2.54. The molecule has 2 N–H and O–H groups in total. The summed E-state index contributed by atoms with van der Waals surface area (Å²) in [5, 5.41) is 15.3. The van der Waals surface area contributed by atoms with E-state index < -0.39 is 35.5 Å². The van der Waals surface area contributed by atoms with Crippen molar-refractivity contribution in [2.45, 2.75) is 56.5 Å². The summed E-state index contributed by atoms with van der Waals surface area (Å²) >= 11 is 0. The van der Waals surface area contributed by atoms with Crippen molar-refractivity contribution in [1.29, 1.82) is 0 Å². The molecule has 3 fully saturated rings. The number of amides is 4. The van der Waals surface area contributed by atoms with Gasteiger partial charge in [0, 0.05) is 43.4 Å². The number of carbonyl (C=O) groups excluding carboxylic acids is 4. The number of benzene rings is 1. The van der Waals surface area contributed by atoms with Crippen LogP contribution in [-0.2, 0) is 16.6 Å². The maximum atomic E-state index is 14.4. The molecule has 12 nitrogen and oxygen atoms in total. The van der Waals surface area contributed by atoms with Crippen molar-refractivity contribution in [3.8, 4) is 11.3 Å². The summed E-state index contributed by atoms with van der Waals surface area (Å²) in [6.45, 7) is 0.688. The number of imide groups is 2. The molecule has 4 amide bonds. The Bertz CT molecular complexity index is 1900. The predicted molar refractivity (Wildman–Crippen MR) is 155 cm³/mol. The first kappa shape index (κ1) is 26.7. The fourth-order valence-electron chi connectivity index (χ4n) is 6.70. The van der Waals surface area contributed by atoms with Crippen LogP contribution < -0.4 is 10.6 Å². The van der Waals surface area contributed by atoms with Crippen molar-refractivity contribution in [3.05, 3.63) is 59.4 Å². The number of halogens is 1. The van der Waals surface area contributed by atoms with Crippen molar-refractivity contribution < 1.29 is 23.6 Å². The van der Waals surface area contributed by atoms with Crippen molar-refractivity contribution in [1.82, 2.24) is 34.8 Å². The van der Waals surface area contributed by atoms with Crippen LogP contribution >= 0.6 is 0 Å². The fraction of sp³-hybridized carbons (Fsp3) is 0.387. The van der Waals surface area contributed by atoms with Gasteiger partial charge in [0.25, 0.3) is 11.8 Å². The molecule has 224 valence electrons. The summed E-state index contributed by atoms with van der Waals surface area (Å²) in [5.74, 6) is -1.68. The smallest absolute Gasteiger partial charge is 0.262 e. The molecule has 0 spiro atoms. The van der Waals surface area contributed by atoms with Crippen molar-refractivity contribution in [2.75, 3.05) is 11.9 Å². The highest BCUT2D eigenvalue weighted by atomic mass is 19.1. The third-order valence-corrected chi connectivity index (χ3v) is 9.33. The standard InChI is InChI=1S/C31H29FN8O4/c1-38-28-21(12-35-38)23(32)13-34-27(28)22-14-39(37-26(22)16-2-3-16)18-8-15(9-18)11-33-17-4-5-19-20(10-17)31(44)40(30(19)43)24-6-7-25(41)36-29(24)42/h4-5,10,12-16,18,24,33H,2-3,6-9,11H2,1H3,(H,36,41,42)/t15-,18-,24?. The summed E-state index contributed by atoms with van der Waals surface area (Å²) in [5.41, 5.74) is 4.55. The lowest BCUT2D eigenvalue weighted by molar-refractivity contribution is -0.136. The molecular formula is C31H29FN8O4. The van der Waals surface area contributed by atoms with E-state index in [2.05, 4.69) is 20.7 Å². The molecule has 0 bridgehead atoms. The molecule has 2 saturated carbocycles. The minimum absolute atomic E-state index is 0.0815. The van der Waals surface area contributed by atoms with Gasteiger partial charge in [0.2, 0.25) is 11.8 Å². The Morgan fingerprint density at radius 3 is 2.59 bits per heavy atom. The molecule has 13 heteroatoms. The molecule has 1 aromatic carbocycles. The van der Waals surface area contributed by atoms with E-state index in [1.54, 1.807) is 29.9 Å². The molecule has 1 saturated heterocycles. The highest BCUT2D eigenvalue weighted by molar-refractivity contribution is 6.23. The van der Waals surface area contributed by atoms with Gasteiger partial charge in [-0.3, -0.25) is 43.7 Å². The number of aromatic nitrogens is 5. The van der Waals surface area contributed by atoms with Crippen molar-refractivity contribution in [3.63, 3.8) is 0 Å². The van der Waals surface area contributed by atoms with Crippen LogP contribution in [0.2, 0.25) is 0 Å². The summed E-state index contributed by atoms with van der Waals surface area (Å²) < 4.78 is 18.1. The zero-order valence-corrected chi connectivity index (χ0v) is 23.9. The number of nitrogens with one attached hydrogen (secondary N) is 2. The van der Waals surface area contributed by atoms with Crippen molar-refractivity contribution in [2.24, 2.45) is 13.0 Å². The molecule has 4 aromatic rings. The highest BCUT2D eigenvalue weighted by Gasteiger charge is 2.44. The molecule has 44 heavy (non-hydrogen) atoms. The zero-order chi connectivity index (χ0) is 30.3. The molecule has 8 rings (SSSR count). The third kappa shape index (κ3) is 4.20. The maximum Gasteiger partial charge on any atom is 0.262 e. The molecule has 4 aliphatic rings. The van der Waals surface area contributed by atoms with Gasteiger partial charge in [-0.2, -0.15) is 10.2 Å². The van der Waals surface area contributed by atoms with E-state index in [9.17, 15) is 23.6 Å². The maximum absolute atomic E-state index is 14.4. The van der Waals surface area contributed by atoms with Gasteiger partial charge >= 0.3 is 0 Å². The van der Waals surface area contributed by atoms with Gasteiger partial charge in [0.1, 0.15) is 6.04 Å². The van der Waals surface area contributed by atoms with E-state index in [0.29, 0.717) is 35.0 Å². The Hall–Kier alpha value is -4.94. The van der Waals surface area contributed by atoms with Gasteiger partial charge in [0.05, 0.1) is 51.9 Å². The van der Waals surface area contributed by atoms with Crippen LogP contribution in [0.3, 0.4) is 0 Å². The molecule has 3 aromatic heterocycles. The quantitative estimate of drug-likeness (QED) is 0.309. The molecule has 1 unspecified atom stereocenters. The van der Waals surface area contributed by atoms with Crippen molar-refractivity contribution >= 4 is 40.2 Å². The van der Waals surface area contributed by atoms with Crippen LogP contribution in [-0.4, -0.2) is 65.7 Å². The fourth-order valence-corrected chi connectivity index (χ4v) is 6.70. The number of hydrogen-bond acceptors (Lipinski definition) is 8. The first-order valence-corrected chi connectivity index (χ1v) is 14.9. The molecule has 2 aliphatic carbocycles. The number of pyridine rings is 1. The van der Waals surface area contributed by atoms with Gasteiger partial charge in [-0.1, -0.05) is 0 Å². The SMILES string of the molecule is Cn1ncc2c(F)cnc(-c3cn([C@H]4C[C@H](CNc5ccc6c(c5)C(=O)N(C5CCC(=O)NC5=O)C6=O)C4)nc3C3CC3)c21.